The molecule has 0 fully saturated rings. The Morgan fingerprint density at radius 1 is 0.935 bits per heavy atom. The Bertz CT molecular complexity index is 1040. The molecule has 1 nitrogen and oxygen atoms in total. The highest BCUT2D eigenvalue weighted by atomic mass is 19.4. The molecule has 162 valence electrons. The van der Waals surface area contributed by atoms with Crippen molar-refractivity contribution in [3.8, 4) is 16.9 Å². The van der Waals surface area contributed by atoms with Crippen molar-refractivity contribution in [2.24, 2.45) is 0 Å². The fourth-order valence-electron chi connectivity index (χ4n) is 4.37. The molecule has 31 heavy (non-hydrogen) atoms. The molecule has 0 radical (unpaired) electrons. The normalized spacial score (nSPS) is 16.1. The van der Waals surface area contributed by atoms with E-state index in [1.165, 1.54) is 35.4 Å². The molecule has 0 aromatic heterocycles. The lowest BCUT2D eigenvalue weighted by molar-refractivity contribution is -0.274. The van der Waals surface area contributed by atoms with Gasteiger partial charge in [-0.25, -0.2) is 4.39 Å². The first-order chi connectivity index (χ1) is 14.8. The Morgan fingerprint density at radius 3 is 2.29 bits per heavy atom. The van der Waals surface area contributed by atoms with Crippen LogP contribution in [-0.2, 0) is 19.3 Å². The summed E-state index contributed by atoms with van der Waals surface area (Å²) in [5.41, 5.74) is 5.67. The van der Waals surface area contributed by atoms with E-state index in [1.807, 2.05) is 6.07 Å². The van der Waals surface area contributed by atoms with Crippen LogP contribution in [0.25, 0.3) is 11.1 Å². The second-order valence-corrected chi connectivity index (χ2v) is 8.10. The first-order valence-electron chi connectivity index (χ1n) is 10.6. The van der Waals surface area contributed by atoms with Crippen LogP contribution >= 0.6 is 0 Å². The van der Waals surface area contributed by atoms with Crippen LogP contribution in [0.4, 0.5) is 17.6 Å². The van der Waals surface area contributed by atoms with Gasteiger partial charge in [-0.05, 0) is 83.7 Å². The minimum Gasteiger partial charge on any atom is -0.406 e. The molecule has 1 unspecified atom stereocenters. The van der Waals surface area contributed by atoms with Crippen LogP contribution in [-0.4, -0.2) is 6.36 Å². The molecule has 1 aliphatic rings. The zero-order chi connectivity index (χ0) is 22.0. The average molecular weight is 428 g/mol. The molecule has 0 heterocycles. The molecule has 0 spiro atoms. The minimum atomic E-state index is -4.74. The number of fused-ring (bicyclic) bond motifs is 1. The number of aryl methyl sites for hydroxylation is 2. The molecule has 0 saturated heterocycles. The monoisotopic (exact) mass is 428 g/mol. The number of benzene rings is 3. The summed E-state index contributed by atoms with van der Waals surface area (Å²) in [4.78, 5) is 0. The average Bonchev–Trinajstić information content (AvgIpc) is 2.73. The van der Waals surface area contributed by atoms with Gasteiger partial charge in [-0.3, -0.25) is 0 Å². The van der Waals surface area contributed by atoms with Crippen molar-refractivity contribution in [1.29, 1.82) is 0 Å². The third kappa shape index (κ3) is 5.09. The highest BCUT2D eigenvalue weighted by Gasteiger charge is 2.31. The van der Waals surface area contributed by atoms with Crippen LogP contribution in [0.2, 0.25) is 0 Å². The largest absolute Gasteiger partial charge is 0.573 e. The van der Waals surface area contributed by atoms with Gasteiger partial charge < -0.3 is 4.74 Å². The van der Waals surface area contributed by atoms with Crippen molar-refractivity contribution >= 4 is 0 Å². The summed E-state index contributed by atoms with van der Waals surface area (Å²) in [6, 6.07) is 17.5. The number of rotatable bonds is 5. The van der Waals surface area contributed by atoms with Crippen molar-refractivity contribution in [3.05, 3.63) is 88.7 Å². The molecule has 3 aromatic carbocycles. The zero-order valence-corrected chi connectivity index (χ0v) is 17.3. The van der Waals surface area contributed by atoms with Crippen LogP contribution in [0.1, 0.15) is 47.9 Å². The van der Waals surface area contributed by atoms with Crippen LogP contribution < -0.4 is 4.74 Å². The number of alkyl halides is 3. The summed E-state index contributed by atoms with van der Waals surface area (Å²) in [6.07, 6.45) is 0.0766. The van der Waals surface area contributed by atoms with Gasteiger partial charge in [-0.2, -0.15) is 0 Å². The molecule has 1 atom stereocenters. The summed E-state index contributed by atoms with van der Waals surface area (Å²) in [5, 5.41) is 0. The first kappa shape index (κ1) is 21.4. The van der Waals surface area contributed by atoms with Crippen LogP contribution in [0.5, 0.6) is 5.75 Å². The summed E-state index contributed by atoms with van der Waals surface area (Å²) >= 11 is 0. The Balaban J connectivity index is 1.53. The smallest absolute Gasteiger partial charge is 0.406 e. The summed E-state index contributed by atoms with van der Waals surface area (Å²) in [7, 11) is 0. The molecule has 0 bridgehead atoms. The fraction of sp³-hybridized carbons (Fsp3) is 0.308. The van der Waals surface area contributed by atoms with Gasteiger partial charge in [0.2, 0.25) is 0 Å². The SMILES string of the molecule is CCCc1ccc(C2CCc3cc(-c4ccc(OC(F)(F)F)cc4)c(F)cc3C2)cc1. The Hall–Kier alpha value is -2.82. The molecular formula is C26H24F4O. The lowest BCUT2D eigenvalue weighted by Crippen LogP contribution is -2.17. The quantitative estimate of drug-likeness (QED) is 0.380. The predicted octanol–water partition coefficient (Wildman–Crippen LogP) is 7.62. The maximum absolute atomic E-state index is 14.9. The van der Waals surface area contributed by atoms with Crippen LogP contribution in [0, 0.1) is 5.82 Å². The Labute approximate surface area is 179 Å². The van der Waals surface area contributed by atoms with E-state index < -0.39 is 6.36 Å². The van der Waals surface area contributed by atoms with Gasteiger partial charge in [0.05, 0.1) is 0 Å². The molecule has 0 amide bonds. The highest BCUT2D eigenvalue weighted by Crippen LogP contribution is 2.36. The maximum Gasteiger partial charge on any atom is 0.573 e. The van der Waals surface area contributed by atoms with Crippen LogP contribution in [0.15, 0.2) is 60.7 Å². The van der Waals surface area contributed by atoms with Gasteiger partial charge in [-0.15, -0.1) is 13.2 Å². The zero-order valence-electron chi connectivity index (χ0n) is 17.3. The highest BCUT2D eigenvalue weighted by molar-refractivity contribution is 5.67. The standard InChI is InChI=1S/C26H24F4O/c1-2-3-17-4-6-18(7-5-17)20-8-9-21-15-24(25(27)16-22(21)14-20)19-10-12-23(13-11-19)31-26(28,29)30/h4-7,10-13,15-16,20H,2-3,8-9,14H2,1H3. The van der Waals surface area contributed by atoms with E-state index in [1.54, 1.807) is 6.07 Å². The molecule has 0 N–H and O–H groups in total. The van der Waals surface area contributed by atoms with Crippen LogP contribution in [0.3, 0.4) is 0 Å². The van der Waals surface area contributed by atoms with Gasteiger partial charge in [0.1, 0.15) is 11.6 Å². The van der Waals surface area contributed by atoms with E-state index >= 15 is 0 Å². The minimum absolute atomic E-state index is 0.317. The fourth-order valence-corrected chi connectivity index (χ4v) is 4.37. The third-order valence-corrected chi connectivity index (χ3v) is 5.91. The summed E-state index contributed by atoms with van der Waals surface area (Å²) in [6.45, 7) is 2.17. The number of halogens is 4. The summed E-state index contributed by atoms with van der Waals surface area (Å²) in [5.74, 6) is -0.308. The molecule has 3 aromatic rings. The topological polar surface area (TPSA) is 9.23 Å². The Morgan fingerprint density at radius 2 is 1.65 bits per heavy atom. The molecule has 4 rings (SSSR count). The van der Waals surface area contributed by atoms with Gasteiger partial charge in [-0.1, -0.05) is 49.7 Å². The van der Waals surface area contributed by atoms with Gasteiger partial charge in [0.25, 0.3) is 0 Å². The van der Waals surface area contributed by atoms with Crippen molar-refractivity contribution in [1.82, 2.24) is 0 Å². The molecule has 0 saturated carbocycles. The van der Waals surface area contributed by atoms with Crippen molar-refractivity contribution in [3.63, 3.8) is 0 Å². The van der Waals surface area contributed by atoms with Crippen molar-refractivity contribution < 1.29 is 22.3 Å². The number of ether oxygens (including phenoxy) is 1. The van der Waals surface area contributed by atoms with E-state index in [-0.39, 0.29) is 11.6 Å². The number of hydrogen-bond acceptors (Lipinski definition) is 1. The molecule has 1 aliphatic carbocycles. The van der Waals surface area contributed by atoms with E-state index in [0.29, 0.717) is 17.0 Å². The van der Waals surface area contributed by atoms with Gasteiger partial charge in [0, 0.05) is 5.56 Å². The second-order valence-electron chi connectivity index (χ2n) is 8.10. The van der Waals surface area contributed by atoms with E-state index in [2.05, 4.69) is 35.9 Å². The van der Waals surface area contributed by atoms with E-state index in [0.717, 1.165) is 43.2 Å². The predicted molar refractivity (Wildman–Crippen MR) is 114 cm³/mol. The molecule has 5 heteroatoms. The van der Waals surface area contributed by atoms with Crippen molar-refractivity contribution in [2.75, 3.05) is 0 Å². The first-order valence-corrected chi connectivity index (χ1v) is 10.6. The van der Waals surface area contributed by atoms with Gasteiger partial charge >= 0.3 is 6.36 Å². The maximum atomic E-state index is 14.9. The second kappa shape index (κ2) is 8.74. The van der Waals surface area contributed by atoms with Crippen molar-refractivity contribution in [2.45, 2.75) is 51.3 Å². The molecular weight excluding hydrogens is 404 g/mol. The lowest BCUT2D eigenvalue weighted by Gasteiger charge is -2.26. The lowest BCUT2D eigenvalue weighted by atomic mass is 9.79. The summed E-state index contributed by atoms with van der Waals surface area (Å²) < 4.78 is 55.8. The Kier molecular flexibility index (Phi) is 6.03. The van der Waals surface area contributed by atoms with E-state index in [4.69, 9.17) is 0 Å². The van der Waals surface area contributed by atoms with Gasteiger partial charge in [0.15, 0.2) is 0 Å². The third-order valence-electron chi connectivity index (χ3n) is 5.91. The van der Waals surface area contributed by atoms with E-state index in [9.17, 15) is 17.6 Å². The number of hydrogen-bond donors (Lipinski definition) is 0. The molecule has 0 aliphatic heterocycles.